The van der Waals surface area contributed by atoms with Crippen molar-refractivity contribution in [1.82, 2.24) is 0 Å². The van der Waals surface area contributed by atoms with E-state index in [4.69, 9.17) is 10.4 Å². The molecule has 0 spiro atoms. The number of aliphatic carboxylic acids is 1. The van der Waals surface area contributed by atoms with Crippen LogP contribution in [0.4, 0.5) is 0 Å². The van der Waals surface area contributed by atoms with Crippen LogP contribution in [0.15, 0.2) is 29.3 Å². The van der Waals surface area contributed by atoms with E-state index in [0.29, 0.717) is 5.71 Å². The Balaban J connectivity index is 5.32. The molecule has 0 aromatic carbocycles. The summed E-state index contributed by atoms with van der Waals surface area (Å²) < 4.78 is 0. The molecule has 0 atom stereocenters. The molecule has 0 aliphatic carbocycles. The summed E-state index contributed by atoms with van der Waals surface area (Å²) in [6.07, 6.45) is 2.58. The number of aliphatic imine (C=N–C) groups is 1. The zero-order valence-corrected chi connectivity index (χ0v) is 9.11. The van der Waals surface area contributed by atoms with E-state index in [-0.39, 0.29) is 5.57 Å². The van der Waals surface area contributed by atoms with Gasteiger partial charge in [0.05, 0.1) is 22.8 Å². The number of hydrogen-bond donors (Lipinski definition) is 1. The van der Waals surface area contributed by atoms with Gasteiger partial charge in [0.2, 0.25) is 0 Å². The number of carboxylic acid groups (broad SMARTS) is 1. The zero-order valence-electron chi connectivity index (χ0n) is 9.11. The number of carbonyl (C=O) groups is 1. The van der Waals surface area contributed by atoms with Crippen molar-refractivity contribution < 1.29 is 9.90 Å². The number of nitriles is 1. The molecule has 0 saturated heterocycles. The van der Waals surface area contributed by atoms with Gasteiger partial charge in [-0.15, -0.1) is 0 Å². The Hall–Kier alpha value is -1.89. The third-order valence-electron chi connectivity index (χ3n) is 1.92. The second-order valence-corrected chi connectivity index (χ2v) is 3.45. The molecule has 0 saturated carbocycles. The van der Waals surface area contributed by atoms with Crippen molar-refractivity contribution >= 4 is 11.7 Å². The van der Waals surface area contributed by atoms with Crippen molar-refractivity contribution in [3.8, 4) is 6.07 Å². The molecule has 0 rings (SSSR count). The van der Waals surface area contributed by atoms with Crippen LogP contribution in [0.25, 0.3) is 0 Å². The zero-order chi connectivity index (χ0) is 12.1. The molecule has 1 N–H and O–H groups in total. The molecule has 0 aliphatic rings. The van der Waals surface area contributed by atoms with Crippen molar-refractivity contribution in [3.05, 3.63) is 24.3 Å². The van der Waals surface area contributed by atoms with Gasteiger partial charge in [0.15, 0.2) is 0 Å². The van der Waals surface area contributed by atoms with Crippen LogP contribution < -0.4 is 0 Å². The fourth-order valence-electron chi connectivity index (χ4n) is 0.937. The maximum Gasteiger partial charge on any atom is 0.335 e. The number of carboxylic acids is 1. The third kappa shape index (κ3) is 3.39. The first kappa shape index (κ1) is 13.1. The SMILES string of the molecule is C=C/C(=C\C(=NC)C(C)(C)C#N)C(=O)O. The summed E-state index contributed by atoms with van der Waals surface area (Å²) in [6.45, 7) is 6.74. The largest absolute Gasteiger partial charge is 0.478 e. The van der Waals surface area contributed by atoms with Crippen molar-refractivity contribution in [2.45, 2.75) is 13.8 Å². The van der Waals surface area contributed by atoms with E-state index < -0.39 is 11.4 Å². The van der Waals surface area contributed by atoms with E-state index in [1.807, 2.05) is 0 Å². The summed E-state index contributed by atoms with van der Waals surface area (Å²) in [4.78, 5) is 14.6. The van der Waals surface area contributed by atoms with Crippen LogP contribution in [0.5, 0.6) is 0 Å². The van der Waals surface area contributed by atoms with Crippen LogP contribution in [0.1, 0.15) is 13.8 Å². The van der Waals surface area contributed by atoms with Gasteiger partial charge in [-0.1, -0.05) is 12.7 Å². The summed E-state index contributed by atoms with van der Waals surface area (Å²) in [5.74, 6) is -1.08. The molecule has 15 heavy (non-hydrogen) atoms. The highest BCUT2D eigenvalue weighted by Crippen LogP contribution is 2.18. The van der Waals surface area contributed by atoms with E-state index in [2.05, 4.69) is 17.6 Å². The molecular formula is C11H14N2O2. The first-order chi connectivity index (χ1) is 6.88. The lowest BCUT2D eigenvalue weighted by Gasteiger charge is -2.15. The molecule has 0 amide bonds. The topological polar surface area (TPSA) is 73.5 Å². The quantitative estimate of drug-likeness (QED) is 0.433. The van der Waals surface area contributed by atoms with Crippen LogP contribution in [-0.4, -0.2) is 23.8 Å². The van der Waals surface area contributed by atoms with E-state index in [0.717, 1.165) is 0 Å². The Morgan fingerprint density at radius 3 is 2.40 bits per heavy atom. The lowest BCUT2D eigenvalue weighted by atomic mass is 9.88. The number of allylic oxidation sites excluding steroid dienone is 1. The third-order valence-corrected chi connectivity index (χ3v) is 1.92. The summed E-state index contributed by atoms with van der Waals surface area (Å²) >= 11 is 0. The predicted octanol–water partition coefficient (Wildman–Crippen LogP) is 1.80. The van der Waals surface area contributed by atoms with Gasteiger partial charge in [0.1, 0.15) is 0 Å². The second-order valence-electron chi connectivity index (χ2n) is 3.45. The molecule has 4 nitrogen and oxygen atoms in total. The normalized spacial score (nSPS) is 13.2. The molecule has 0 aromatic rings. The van der Waals surface area contributed by atoms with E-state index in [1.165, 1.54) is 19.2 Å². The van der Waals surface area contributed by atoms with Gasteiger partial charge in [0.25, 0.3) is 0 Å². The molecule has 0 radical (unpaired) electrons. The number of hydrogen-bond acceptors (Lipinski definition) is 3. The standard InChI is InChI=1S/C11H14N2O2/c1-5-8(10(14)15)6-9(13-4)11(2,3)7-12/h5-6H,1H2,2-4H3,(H,14,15)/b8-6+,13-9?. The second kappa shape index (κ2) is 5.11. The Morgan fingerprint density at radius 2 is 2.13 bits per heavy atom. The highest BCUT2D eigenvalue weighted by atomic mass is 16.4. The molecular weight excluding hydrogens is 192 g/mol. The average Bonchev–Trinajstić information content (AvgIpc) is 2.18. The van der Waals surface area contributed by atoms with Crippen molar-refractivity contribution in [2.75, 3.05) is 7.05 Å². The number of nitrogens with zero attached hydrogens (tertiary/aromatic N) is 2. The van der Waals surface area contributed by atoms with Gasteiger partial charge in [-0.3, -0.25) is 4.99 Å². The summed E-state index contributed by atoms with van der Waals surface area (Å²) in [6, 6.07) is 2.06. The Kier molecular flexibility index (Phi) is 4.46. The van der Waals surface area contributed by atoms with Gasteiger partial charge < -0.3 is 5.11 Å². The lowest BCUT2D eigenvalue weighted by Crippen LogP contribution is -2.21. The van der Waals surface area contributed by atoms with E-state index >= 15 is 0 Å². The first-order valence-corrected chi connectivity index (χ1v) is 4.35. The van der Waals surface area contributed by atoms with Crippen LogP contribution in [0, 0.1) is 16.7 Å². The van der Waals surface area contributed by atoms with Gasteiger partial charge >= 0.3 is 5.97 Å². The highest BCUT2D eigenvalue weighted by molar-refractivity contribution is 6.06. The van der Waals surface area contributed by atoms with Gasteiger partial charge in [0, 0.05) is 7.05 Å². The molecule has 0 aromatic heterocycles. The number of rotatable bonds is 4. The predicted molar refractivity (Wildman–Crippen MR) is 58.7 cm³/mol. The van der Waals surface area contributed by atoms with Crippen molar-refractivity contribution in [3.63, 3.8) is 0 Å². The molecule has 0 bridgehead atoms. The lowest BCUT2D eigenvalue weighted by molar-refractivity contribution is -0.132. The first-order valence-electron chi connectivity index (χ1n) is 4.35. The maximum absolute atomic E-state index is 10.7. The summed E-state index contributed by atoms with van der Waals surface area (Å²) in [5.41, 5.74) is -0.362. The minimum atomic E-state index is -1.08. The molecule has 0 unspecified atom stereocenters. The highest BCUT2D eigenvalue weighted by Gasteiger charge is 2.23. The Labute approximate surface area is 89.3 Å². The van der Waals surface area contributed by atoms with Crippen molar-refractivity contribution in [2.24, 2.45) is 10.4 Å². The molecule has 4 heteroatoms. The van der Waals surface area contributed by atoms with E-state index in [9.17, 15) is 4.79 Å². The Bertz CT molecular complexity index is 371. The van der Waals surface area contributed by atoms with Crippen LogP contribution in [0.3, 0.4) is 0 Å². The van der Waals surface area contributed by atoms with Gasteiger partial charge in [-0.25, -0.2) is 4.79 Å². The monoisotopic (exact) mass is 206 g/mol. The Morgan fingerprint density at radius 1 is 1.60 bits per heavy atom. The van der Waals surface area contributed by atoms with Gasteiger partial charge in [-0.2, -0.15) is 5.26 Å². The van der Waals surface area contributed by atoms with Crippen LogP contribution >= 0.6 is 0 Å². The molecule has 0 heterocycles. The minimum Gasteiger partial charge on any atom is -0.478 e. The van der Waals surface area contributed by atoms with Crippen molar-refractivity contribution in [1.29, 1.82) is 5.26 Å². The smallest absolute Gasteiger partial charge is 0.335 e. The van der Waals surface area contributed by atoms with E-state index in [1.54, 1.807) is 13.8 Å². The molecule has 0 aliphatic heterocycles. The van der Waals surface area contributed by atoms with Gasteiger partial charge in [-0.05, 0) is 19.9 Å². The molecule has 80 valence electrons. The fraction of sp³-hybridized carbons (Fsp3) is 0.364. The molecule has 0 fully saturated rings. The summed E-state index contributed by atoms with van der Waals surface area (Å²) in [7, 11) is 1.52. The van der Waals surface area contributed by atoms with Crippen LogP contribution in [-0.2, 0) is 4.79 Å². The maximum atomic E-state index is 10.7. The summed E-state index contributed by atoms with van der Waals surface area (Å²) in [5, 5.41) is 17.7. The average molecular weight is 206 g/mol. The van der Waals surface area contributed by atoms with Crippen LogP contribution in [0.2, 0.25) is 0 Å². The fourth-order valence-corrected chi connectivity index (χ4v) is 0.937. The minimum absolute atomic E-state index is 0.0268.